The van der Waals surface area contributed by atoms with E-state index in [-0.39, 0.29) is 19.2 Å². The van der Waals surface area contributed by atoms with Gasteiger partial charge in [-0.1, -0.05) is 12.1 Å². The number of esters is 1. The van der Waals surface area contributed by atoms with Crippen LogP contribution in [-0.4, -0.2) is 36.7 Å². The van der Waals surface area contributed by atoms with Crippen molar-refractivity contribution in [1.82, 2.24) is 0 Å². The molecule has 0 unspecified atom stereocenters. The molecule has 5 nitrogen and oxygen atoms in total. The van der Waals surface area contributed by atoms with Crippen LogP contribution in [0.25, 0.3) is 0 Å². The predicted molar refractivity (Wildman–Crippen MR) is 101 cm³/mol. The maximum absolute atomic E-state index is 12.2. The lowest BCUT2D eigenvalue weighted by atomic mass is 10.1. The van der Waals surface area contributed by atoms with Gasteiger partial charge in [0.1, 0.15) is 0 Å². The molecule has 2 aromatic carbocycles. The summed E-state index contributed by atoms with van der Waals surface area (Å²) in [4.78, 5) is 24.4. The van der Waals surface area contributed by atoms with Crippen LogP contribution in [0.3, 0.4) is 0 Å². The van der Waals surface area contributed by atoms with Crippen LogP contribution in [0.2, 0.25) is 0 Å². The molecular weight excluding hydrogens is 372 g/mol. The number of rotatable bonds is 5. The van der Waals surface area contributed by atoms with E-state index >= 15 is 0 Å². The van der Waals surface area contributed by atoms with E-state index in [0.717, 1.165) is 11.5 Å². The number of hydrogen-bond donors (Lipinski definition) is 0. The van der Waals surface area contributed by atoms with E-state index in [1.54, 1.807) is 30.3 Å². The molecule has 0 saturated carbocycles. The second-order valence-corrected chi connectivity index (χ2v) is 8.49. The summed E-state index contributed by atoms with van der Waals surface area (Å²) >= 11 is 3.83. The molecule has 0 N–H and O–H groups in total. The zero-order valence-corrected chi connectivity index (χ0v) is 15.4. The number of Topliss-reactive ketones (excluding diaryl/α,β-unsaturated/α-hetero) is 1. The second-order valence-electron chi connectivity index (χ2n) is 5.76. The first-order valence-corrected chi connectivity index (χ1v) is 10.2. The fraction of sp³-hybridized carbons (Fsp3) is 0.263. The van der Waals surface area contributed by atoms with Crippen molar-refractivity contribution >= 4 is 35.3 Å². The van der Waals surface area contributed by atoms with Gasteiger partial charge in [-0.05, 0) is 35.9 Å². The number of fused-ring (bicyclic) bond motifs is 1. The molecule has 0 amide bonds. The van der Waals surface area contributed by atoms with Crippen molar-refractivity contribution in [1.29, 1.82) is 0 Å². The highest BCUT2D eigenvalue weighted by molar-refractivity contribution is 8.19. The van der Waals surface area contributed by atoms with Crippen molar-refractivity contribution in [3.63, 3.8) is 0 Å². The van der Waals surface area contributed by atoms with Crippen LogP contribution in [0.4, 0.5) is 0 Å². The average molecular weight is 388 g/mol. The molecule has 0 bridgehead atoms. The third-order valence-electron chi connectivity index (χ3n) is 4.07. The van der Waals surface area contributed by atoms with E-state index in [0.29, 0.717) is 27.2 Å². The normalized spacial score (nSPS) is 15.8. The smallest absolute Gasteiger partial charge is 0.338 e. The van der Waals surface area contributed by atoms with Gasteiger partial charge in [0, 0.05) is 17.1 Å². The first-order valence-electron chi connectivity index (χ1n) is 8.14. The molecule has 2 aromatic rings. The largest absolute Gasteiger partial charge is 0.454 e. The van der Waals surface area contributed by atoms with Gasteiger partial charge in [0.05, 0.1) is 10.1 Å². The van der Waals surface area contributed by atoms with Gasteiger partial charge in [0.2, 0.25) is 6.79 Å². The Morgan fingerprint density at radius 2 is 1.65 bits per heavy atom. The number of thioether (sulfide) groups is 2. The maximum atomic E-state index is 12.2. The highest BCUT2D eigenvalue weighted by Gasteiger charge is 2.20. The Bertz CT molecular complexity index is 828. The summed E-state index contributed by atoms with van der Waals surface area (Å²) < 4.78 is 16.1. The number of ether oxygens (including phenoxy) is 3. The Balaban J connectivity index is 1.35. The third kappa shape index (κ3) is 3.68. The van der Waals surface area contributed by atoms with Crippen LogP contribution in [0, 0.1) is 0 Å². The van der Waals surface area contributed by atoms with E-state index in [9.17, 15) is 9.59 Å². The molecule has 4 rings (SSSR count). The number of carbonyl (C=O) groups is 2. The molecule has 1 saturated heterocycles. The lowest BCUT2D eigenvalue weighted by Gasteiger charge is -2.09. The SMILES string of the molecule is O=C(COC(=O)c1ccc(C2SCCS2)cc1)c1ccc2c(c1)OCO2. The van der Waals surface area contributed by atoms with E-state index in [1.807, 2.05) is 35.7 Å². The van der Waals surface area contributed by atoms with E-state index < -0.39 is 5.97 Å². The number of ketones is 1. The van der Waals surface area contributed by atoms with Gasteiger partial charge in [0.15, 0.2) is 23.9 Å². The first-order chi connectivity index (χ1) is 12.7. The molecule has 134 valence electrons. The second kappa shape index (κ2) is 7.63. The zero-order valence-electron chi connectivity index (χ0n) is 13.8. The highest BCUT2D eigenvalue weighted by atomic mass is 32.2. The molecule has 0 atom stereocenters. The Kier molecular flexibility index (Phi) is 5.08. The highest BCUT2D eigenvalue weighted by Crippen LogP contribution is 2.45. The topological polar surface area (TPSA) is 61.8 Å². The van der Waals surface area contributed by atoms with Crippen molar-refractivity contribution < 1.29 is 23.8 Å². The van der Waals surface area contributed by atoms with Crippen molar-refractivity contribution in [2.75, 3.05) is 24.9 Å². The molecule has 0 radical (unpaired) electrons. The van der Waals surface area contributed by atoms with Gasteiger partial charge in [-0.2, -0.15) is 0 Å². The van der Waals surface area contributed by atoms with Crippen molar-refractivity contribution in [2.24, 2.45) is 0 Å². The van der Waals surface area contributed by atoms with Gasteiger partial charge in [0.25, 0.3) is 0 Å². The molecule has 7 heteroatoms. The number of carbonyl (C=O) groups excluding carboxylic acids is 2. The average Bonchev–Trinajstić information content (AvgIpc) is 3.37. The third-order valence-corrected chi connectivity index (χ3v) is 7.17. The molecule has 0 spiro atoms. The van der Waals surface area contributed by atoms with Crippen LogP contribution in [0.1, 0.15) is 30.9 Å². The Hall–Kier alpha value is -2.12. The van der Waals surface area contributed by atoms with E-state index in [2.05, 4.69) is 0 Å². The maximum Gasteiger partial charge on any atom is 0.338 e. The summed E-state index contributed by atoms with van der Waals surface area (Å²) in [6.07, 6.45) is 0. The quantitative estimate of drug-likeness (QED) is 0.568. The lowest BCUT2D eigenvalue weighted by molar-refractivity contribution is 0.0474. The van der Waals surface area contributed by atoms with Gasteiger partial charge < -0.3 is 14.2 Å². The zero-order chi connectivity index (χ0) is 17.9. The van der Waals surface area contributed by atoms with Crippen LogP contribution >= 0.6 is 23.5 Å². The molecule has 0 aromatic heterocycles. The first kappa shape index (κ1) is 17.3. The minimum atomic E-state index is -0.502. The summed E-state index contributed by atoms with van der Waals surface area (Å²) in [5, 5.41) is 0. The summed E-state index contributed by atoms with van der Waals surface area (Å²) in [5.74, 6) is 2.66. The summed E-state index contributed by atoms with van der Waals surface area (Å²) in [6.45, 7) is -0.162. The number of hydrogen-bond acceptors (Lipinski definition) is 7. The molecule has 0 aliphatic carbocycles. The predicted octanol–water partition coefficient (Wildman–Crippen LogP) is 3.93. The monoisotopic (exact) mass is 388 g/mol. The van der Waals surface area contributed by atoms with Crippen molar-refractivity contribution in [3.8, 4) is 11.5 Å². The Labute approximate surface area is 159 Å². The molecule has 26 heavy (non-hydrogen) atoms. The fourth-order valence-corrected chi connectivity index (χ4v) is 5.55. The fourth-order valence-electron chi connectivity index (χ4n) is 2.69. The Morgan fingerprint density at radius 1 is 0.962 bits per heavy atom. The molecule has 2 aliphatic rings. The van der Waals surface area contributed by atoms with Gasteiger partial charge in [-0.15, -0.1) is 23.5 Å². The van der Waals surface area contributed by atoms with Crippen LogP contribution in [0.15, 0.2) is 42.5 Å². The van der Waals surface area contributed by atoms with Crippen LogP contribution < -0.4 is 9.47 Å². The van der Waals surface area contributed by atoms with Gasteiger partial charge >= 0.3 is 5.97 Å². The lowest BCUT2D eigenvalue weighted by Crippen LogP contribution is -2.14. The summed E-state index contributed by atoms with van der Waals surface area (Å²) in [6, 6.07) is 12.3. The van der Waals surface area contributed by atoms with Crippen LogP contribution in [0.5, 0.6) is 11.5 Å². The molecule has 2 heterocycles. The minimum Gasteiger partial charge on any atom is -0.454 e. The van der Waals surface area contributed by atoms with E-state index in [4.69, 9.17) is 14.2 Å². The molecular formula is C19H16O5S2. The summed E-state index contributed by atoms with van der Waals surface area (Å²) in [7, 11) is 0. The van der Waals surface area contributed by atoms with Crippen LogP contribution in [-0.2, 0) is 4.74 Å². The summed E-state index contributed by atoms with van der Waals surface area (Å²) in [5.41, 5.74) is 2.07. The standard InChI is InChI=1S/C19H16O5S2/c20-15(14-5-6-16-17(9-14)24-11-23-16)10-22-18(21)12-1-3-13(4-2-12)19-25-7-8-26-19/h1-6,9,19H,7-8,10-11H2. The molecule has 2 aliphatic heterocycles. The van der Waals surface area contributed by atoms with E-state index in [1.165, 1.54) is 5.56 Å². The minimum absolute atomic E-state index is 0.149. The van der Waals surface area contributed by atoms with Gasteiger partial charge in [-0.25, -0.2) is 4.79 Å². The van der Waals surface area contributed by atoms with Crippen molar-refractivity contribution in [3.05, 3.63) is 59.2 Å². The molecule has 1 fully saturated rings. The number of benzene rings is 2. The van der Waals surface area contributed by atoms with Gasteiger partial charge in [-0.3, -0.25) is 4.79 Å². The Morgan fingerprint density at radius 3 is 2.42 bits per heavy atom. The van der Waals surface area contributed by atoms with Crippen molar-refractivity contribution in [2.45, 2.75) is 4.58 Å².